The van der Waals surface area contributed by atoms with Crippen molar-refractivity contribution in [3.63, 3.8) is 0 Å². The zero-order chi connectivity index (χ0) is 12.7. The molecule has 0 amide bonds. The smallest absolute Gasteiger partial charge is 0.0406 e. The molecule has 2 heterocycles. The molecule has 0 aliphatic carbocycles. The topological polar surface area (TPSA) is 3.24 Å². The second kappa shape index (κ2) is 4.69. The second-order valence-corrected chi connectivity index (χ2v) is 6.81. The molecule has 1 aliphatic rings. The van der Waals surface area contributed by atoms with Gasteiger partial charge in [-0.2, -0.15) is 0 Å². The quantitative estimate of drug-likeness (QED) is 0.752. The Hall–Kier alpha value is -0.830. The lowest BCUT2D eigenvalue weighted by Gasteiger charge is -2.30. The summed E-state index contributed by atoms with van der Waals surface area (Å²) in [6, 6.07) is 10.6. The summed E-state index contributed by atoms with van der Waals surface area (Å²) in [6.07, 6.45) is 0. The van der Waals surface area contributed by atoms with Crippen molar-refractivity contribution in [3.8, 4) is 0 Å². The average Bonchev–Trinajstić information content (AvgIpc) is 2.69. The molecule has 0 radical (unpaired) electrons. The highest BCUT2D eigenvalue weighted by Gasteiger charge is 2.26. The fourth-order valence-corrected chi connectivity index (χ4v) is 4.00. The van der Waals surface area contributed by atoms with Gasteiger partial charge in [0.05, 0.1) is 0 Å². The molecule has 0 N–H and O–H groups in total. The van der Waals surface area contributed by atoms with Crippen molar-refractivity contribution in [3.05, 3.63) is 56.2 Å². The summed E-state index contributed by atoms with van der Waals surface area (Å²) in [4.78, 5) is 5.33. The average molecular weight is 278 g/mol. The zero-order valence-corrected chi connectivity index (χ0v) is 12.2. The Morgan fingerprint density at radius 1 is 1.28 bits per heavy atom. The van der Waals surface area contributed by atoms with Gasteiger partial charge in [0.15, 0.2) is 0 Å². The minimum Gasteiger partial charge on any atom is -0.300 e. The molecule has 94 valence electrons. The van der Waals surface area contributed by atoms with Crippen LogP contribution < -0.4 is 0 Å². The summed E-state index contributed by atoms with van der Waals surface area (Å²) in [5.74, 6) is 0.487. The van der Waals surface area contributed by atoms with Crippen LogP contribution in [0.3, 0.4) is 0 Å². The molecular formula is C15H16ClNS. The molecule has 3 rings (SSSR count). The van der Waals surface area contributed by atoms with Gasteiger partial charge in [-0.3, -0.25) is 0 Å². The molecule has 2 aromatic rings. The Labute approximate surface area is 117 Å². The van der Waals surface area contributed by atoms with Crippen molar-refractivity contribution >= 4 is 22.9 Å². The molecular weight excluding hydrogens is 262 g/mol. The number of likely N-dealkylation sites (N-methyl/N-ethyl adjacent to an activating group) is 1. The first-order chi connectivity index (χ1) is 8.63. The van der Waals surface area contributed by atoms with E-state index in [1.54, 1.807) is 0 Å². The van der Waals surface area contributed by atoms with Gasteiger partial charge in [-0.05, 0) is 43.3 Å². The molecule has 0 unspecified atom stereocenters. The predicted molar refractivity (Wildman–Crippen MR) is 78.7 cm³/mol. The number of hydrogen-bond donors (Lipinski definition) is 0. The van der Waals surface area contributed by atoms with Crippen LogP contribution in [-0.2, 0) is 6.54 Å². The number of nitrogens with zero attached hydrogens (tertiary/aromatic N) is 1. The maximum atomic E-state index is 5.98. The van der Waals surface area contributed by atoms with E-state index in [2.05, 4.69) is 37.1 Å². The van der Waals surface area contributed by atoms with Gasteiger partial charge >= 0.3 is 0 Å². The fourth-order valence-electron chi connectivity index (χ4n) is 2.70. The number of benzene rings is 1. The van der Waals surface area contributed by atoms with E-state index in [1.165, 1.54) is 20.9 Å². The fraction of sp³-hybridized carbons (Fsp3) is 0.333. The van der Waals surface area contributed by atoms with Crippen LogP contribution in [0.4, 0.5) is 0 Å². The molecule has 3 heteroatoms. The van der Waals surface area contributed by atoms with E-state index in [1.807, 2.05) is 23.5 Å². The molecule has 0 saturated heterocycles. The molecule has 0 bridgehead atoms. The Morgan fingerprint density at radius 3 is 2.72 bits per heavy atom. The lowest BCUT2D eigenvalue weighted by atomic mass is 9.88. The van der Waals surface area contributed by atoms with Crippen molar-refractivity contribution in [2.75, 3.05) is 13.6 Å². The van der Waals surface area contributed by atoms with Crippen molar-refractivity contribution in [2.45, 2.75) is 19.4 Å². The summed E-state index contributed by atoms with van der Waals surface area (Å²) in [6.45, 7) is 4.37. The van der Waals surface area contributed by atoms with Crippen LogP contribution in [0.25, 0.3) is 0 Å². The van der Waals surface area contributed by atoms with Crippen molar-refractivity contribution in [2.24, 2.45) is 0 Å². The van der Waals surface area contributed by atoms with Crippen LogP contribution in [0.15, 0.2) is 30.3 Å². The van der Waals surface area contributed by atoms with Crippen LogP contribution in [0.5, 0.6) is 0 Å². The van der Waals surface area contributed by atoms with Gasteiger partial charge < -0.3 is 4.90 Å². The summed E-state index contributed by atoms with van der Waals surface area (Å²) in [7, 11) is 2.20. The molecule has 1 aliphatic heterocycles. The van der Waals surface area contributed by atoms with E-state index in [0.29, 0.717) is 5.92 Å². The van der Waals surface area contributed by atoms with Crippen LogP contribution in [0.1, 0.15) is 26.8 Å². The first-order valence-corrected chi connectivity index (χ1v) is 7.36. The van der Waals surface area contributed by atoms with Gasteiger partial charge in [-0.15, -0.1) is 11.3 Å². The molecule has 1 aromatic carbocycles. The normalized spacial score (nSPS) is 19.8. The lowest BCUT2D eigenvalue weighted by molar-refractivity contribution is 0.299. The number of halogens is 1. The summed E-state index contributed by atoms with van der Waals surface area (Å²) in [5.41, 5.74) is 2.88. The van der Waals surface area contributed by atoms with Crippen LogP contribution in [-0.4, -0.2) is 18.5 Å². The van der Waals surface area contributed by atoms with Crippen molar-refractivity contribution < 1.29 is 0 Å². The number of rotatable bonds is 1. The molecule has 1 aromatic heterocycles. The number of fused-ring (bicyclic) bond motifs is 1. The monoisotopic (exact) mass is 277 g/mol. The summed E-state index contributed by atoms with van der Waals surface area (Å²) >= 11 is 7.90. The first kappa shape index (κ1) is 12.2. The third-order valence-electron chi connectivity index (χ3n) is 3.52. The highest BCUT2D eigenvalue weighted by Crippen LogP contribution is 2.37. The van der Waals surface area contributed by atoms with E-state index in [9.17, 15) is 0 Å². The molecule has 1 nitrogen and oxygen atoms in total. The largest absolute Gasteiger partial charge is 0.300 e. The third kappa shape index (κ3) is 2.20. The van der Waals surface area contributed by atoms with Gasteiger partial charge in [0.25, 0.3) is 0 Å². The maximum Gasteiger partial charge on any atom is 0.0406 e. The Bertz CT molecular complexity index is 558. The Morgan fingerprint density at radius 2 is 2.00 bits per heavy atom. The van der Waals surface area contributed by atoms with E-state index >= 15 is 0 Å². The van der Waals surface area contributed by atoms with Gasteiger partial charge in [0.2, 0.25) is 0 Å². The number of aryl methyl sites for hydroxylation is 1. The molecule has 0 spiro atoms. The van der Waals surface area contributed by atoms with Crippen LogP contribution >= 0.6 is 22.9 Å². The summed E-state index contributed by atoms with van der Waals surface area (Å²) < 4.78 is 0. The Kier molecular flexibility index (Phi) is 3.18. The standard InChI is InChI=1S/C15H16ClNS/c1-10-7-13-14(8-17(2)9-15(13)18-10)11-3-5-12(16)6-4-11/h3-7,14H,8-9H2,1-2H3/t14-/m1/s1. The maximum absolute atomic E-state index is 5.98. The van der Waals surface area contributed by atoms with Crippen molar-refractivity contribution in [1.82, 2.24) is 4.90 Å². The third-order valence-corrected chi connectivity index (χ3v) is 4.82. The van der Waals surface area contributed by atoms with Gasteiger partial charge in [0.1, 0.15) is 0 Å². The summed E-state index contributed by atoms with van der Waals surface area (Å²) in [5, 5.41) is 0.810. The minimum atomic E-state index is 0.487. The molecule has 0 fully saturated rings. The van der Waals surface area contributed by atoms with Gasteiger partial charge in [-0.1, -0.05) is 23.7 Å². The number of thiophene rings is 1. The lowest BCUT2D eigenvalue weighted by Crippen LogP contribution is -2.29. The van der Waals surface area contributed by atoms with Crippen LogP contribution in [0, 0.1) is 6.92 Å². The van der Waals surface area contributed by atoms with Gasteiger partial charge in [0, 0.05) is 33.8 Å². The highest BCUT2D eigenvalue weighted by atomic mass is 35.5. The van der Waals surface area contributed by atoms with Crippen LogP contribution in [0.2, 0.25) is 5.02 Å². The first-order valence-electron chi connectivity index (χ1n) is 6.16. The highest BCUT2D eigenvalue weighted by molar-refractivity contribution is 7.12. The van der Waals surface area contributed by atoms with E-state index < -0.39 is 0 Å². The Balaban J connectivity index is 2.04. The molecule has 1 atom stereocenters. The zero-order valence-electron chi connectivity index (χ0n) is 10.6. The molecule has 0 saturated carbocycles. The van der Waals surface area contributed by atoms with Gasteiger partial charge in [-0.25, -0.2) is 0 Å². The number of hydrogen-bond acceptors (Lipinski definition) is 2. The van der Waals surface area contributed by atoms with E-state index in [0.717, 1.165) is 18.1 Å². The van der Waals surface area contributed by atoms with E-state index in [-0.39, 0.29) is 0 Å². The predicted octanol–water partition coefficient (Wildman–Crippen LogP) is 4.29. The van der Waals surface area contributed by atoms with E-state index in [4.69, 9.17) is 11.6 Å². The minimum absolute atomic E-state index is 0.487. The second-order valence-electron chi connectivity index (χ2n) is 5.04. The SMILES string of the molecule is Cc1cc2c(s1)CN(C)C[C@@H]2c1ccc(Cl)cc1. The molecule has 18 heavy (non-hydrogen) atoms. The van der Waals surface area contributed by atoms with Crippen molar-refractivity contribution in [1.29, 1.82) is 0 Å².